The molecule has 0 amide bonds. The molecule has 0 unspecified atom stereocenters. The van der Waals surface area contributed by atoms with Gasteiger partial charge in [0.05, 0.1) is 16.3 Å². The van der Waals surface area contributed by atoms with Crippen molar-refractivity contribution in [1.82, 2.24) is 9.55 Å². The van der Waals surface area contributed by atoms with Gasteiger partial charge in [-0.15, -0.1) is 0 Å². The lowest BCUT2D eigenvalue weighted by atomic mass is 10.3. The molecule has 0 aliphatic carbocycles. The lowest BCUT2D eigenvalue weighted by molar-refractivity contribution is -0.148. The van der Waals surface area contributed by atoms with Gasteiger partial charge in [0, 0.05) is 5.69 Å². The first-order valence-corrected chi connectivity index (χ1v) is 6.05. The summed E-state index contributed by atoms with van der Waals surface area (Å²) in [5.41, 5.74) is 0.841. The Bertz CT molecular complexity index is 494. The Morgan fingerprint density at radius 2 is 2.06 bits per heavy atom. The number of carbonyl (C=O) groups is 1. The summed E-state index contributed by atoms with van der Waals surface area (Å²) in [6.45, 7) is 6.89. The molecule has 1 rings (SSSR count). The Labute approximate surface area is 108 Å². The Kier molecular flexibility index (Phi) is 4.45. The fourth-order valence-electron chi connectivity index (χ4n) is 1.39. The number of carbonyl (C=O) groups excluding carboxylic acids is 1. The maximum Gasteiger partial charge on any atom is 0.348 e. The van der Waals surface area contributed by atoms with Crippen molar-refractivity contribution in [2.45, 2.75) is 40.3 Å². The summed E-state index contributed by atoms with van der Waals surface area (Å²) in [7, 11) is 0. The Hall–Kier alpha value is -1.17. The van der Waals surface area contributed by atoms with E-state index in [4.69, 9.17) is 4.74 Å². The van der Waals surface area contributed by atoms with Crippen molar-refractivity contribution < 1.29 is 9.53 Å². The average Bonchev–Trinajstić information content (AvgIpc) is 2.20. The van der Waals surface area contributed by atoms with Crippen LogP contribution in [-0.4, -0.2) is 21.6 Å². The standard InChI is InChI=1S/C11H15BrN2O3/c1-6(2)17-9(15)5-14-8(4)10(12)7(3)13-11(14)16/h6H,5H2,1-4H3. The predicted molar refractivity (Wildman–Crippen MR) is 66.9 cm³/mol. The fourth-order valence-corrected chi connectivity index (χ4v) is 1.69. The molecular weight excluding hydrogens is 288 g/mol. The summed E-state index contributed by atoms with van der Waals surface area (Å²) in [5.74, 6) is -0.442. The Morgan fingerprint density at radius 3 is 2.59 bits per heavy atom. The Balaban J connectivity index is 3.04. The highest BCUT2D eigenvalue weighted by Crippen LogP contribution is 2.16. The molecule has 1 aromatic heterocycles. The van der Waals surface area contributed by atoms with Crippen molar-refractivity contribution in [3.05, 3.63) is 26.3 Å². The third-order valence-electron chi connectivity index (χ3n) is 2.19. The lowest BCUT2D eigenvalue weighted by Crippen LogP contribution is -2.31. The highest BCUT2D eigenvalue weighted by atomic mass is 79.9. The second-order valence-electron chi connectivity index (χ2n) is 4.00. The van der Waals surface area contributed by atoms with E-state index < -0.39 is 11.7 Å². The van der Waals surface area contributed by atoms with Crippen LogP contribution in [-0.2, 0) is 16.1 Å². The van der Waals surface area contributed by atoms with Crippen LogP contribution in [0.1, 0.15) is 25.2 Å². The molecule has 0 radical (unpaired) electrons. The van der Waals surface area contributed by atoms with Crippen LogP contribution in [0.25, 0.3) is 0 Å². The Morgan fingerprint density at radius 1 is 1.47 bits per heavy atom. The predicted octanol–water partition coefficient (Wildman–Crippen LogP) is 1.57. The molecule has 6 heteroatoms. The summed E-state index contributed by atoms with van der Waals surface area (Å²) < 4.78 is 7.02. The van der Waals surface area contributed by atoms with E-state index in [9.17, 15) is 9.59 Å². The molecule has 17 heavy (non-hydrogen) atoms. The van der Waals surface area contributed by atoms with Gasteiger partial charge in [-0.05, 0) is 43.6 Å². The van der Waals surface area contributed by atoms with Crippen molar-refractivity contribution in [3.8, 4) is 0 Å². The van der Waals surface area contributed by atoms with E-state index >= 15 is 0 Å². The van der Waals surface area contributed by atoms with E-state index in [0.29, 0.717) is 11.4 Å². The molecule has 0 N–H and O–H groups in total. The molecule has 0 aliphatic rings. The minimum Gasteiger partial charge on any atom is -0.462 e. The van der Waals surface area contributed by atoms with Crippen LogP contribution in [0.3, 0.4) is 0 Å². The number of nitrogens with zero attached hydrogens (tertiary/aromatic N) is 2. The van der Waals surface area contributed by atoms with Gasteiger partial charge in [-0.2, -0.15) is 4.98 Å². The van der Waals surface area contributed by atoms with Gasteiger partial charge in [0.15, 0.2) is 0 Å². The first kappa shape index (κ1) is 13.9. The topological polar surface area (TPSA) is 61.2 Å². The summed E-state index contributed by atoms with van der Waals surface area (Å²) in [6.07, 6.45) is -0.194. The summed E-state index contributed by atoms with van der Waals surface area (Å²) in [4.78, 5) is 27.0. The van der Waals surface area contributed by atoms with Crippen LogP contribution in [0.15, 0.2) is 9.27 Å². The molecule has 0 fully saturated rings. The molecule has 0 atom stereocenters. The highest BCUT2D eigenvalue weighted by molar-refractivity contribution is 9.10. The molecule has 0 aliphatic heterocycles. The van der Waals surface area contributed by atoms with Crippen LogP contribution >= 0.6 is 15.9 Å². The van der Waals surface area contributed by atoms with Gasteiger partial charge < -0.3 is 4.74 Å². The molecule has 0 spiro atoms. The SMILES string of the molecule is Cc1nc(=O)n(CC(=O)OC(C)C)c(C)c1Br. The van der Waals surface area contributed by atoms with Gasteiger partial charge in [-0.25, -0.2) is 4.79 Å². The second-order valence-corrected chi connectivity index (χ2v) is 4.80. The van der Waals surface area contributed by atoms with Crippen molar-refractivity contribution in [2.75, 3.05) is 0 Å². The van der Waals surface area contributed by atoms with Gasteiger partial charge in [0.25, 0.3) is 0 Å². The third-order valence-corrected chi connectivity index (χ3v) is 3.34. The monoisotopic (exact) mass is 302 g/mol. The van der Waals surface area contributed by atoms with E-state index in [2.05, 4.69) is 20.9 Å². The second kappa shape index (κ2) is 5.44. The first-order chi connectivity index (χ1) is 7.82. The van der Waals surface area contributed by atoms with Gasteiger partial charge in [0.2, 0.25) is 0 Å². The molecule has 94 valence electrons. The minimum atomic E-state index is -0.442. The van der Waals surface area contributed by atoms with Crippen LogP contribution in [0.5, 0.6) is 0 Å². The maximum atomic E-state index is 11.7. The van der Waals surface area contributed by atoms with E-state index in [1.165, 1.54) is 4.57 Å². The summed E-state index contributed by atoms with van der Waals surface area (Å²) in [6, 6.07) is 0. The zero-order valence-electron chi connectivity index (χ0n) is 10.3. The fraction of sp³-hybridized carbons (Fsp3) is 0.545. The van der Waals surface area contributed by atoms with Crippen molar-refractivity contribution in [3.63, 3.8) is 0 Å². The molecular formula is C11H15BrN2O3. The van der Waals surface area contributed by atoms with Gasteiger partial charge in [-0.3, -0.25) is 9.36 Å². The van der Waals surface area contributed by atoms with Crippen molar-refractivity contribution in [1.29, 1.82) is 0 Å². The summed E-state index contributed by atoms with van der Waals surface area (Å²) >= 11 is 3.33. The zero-order valence-corrected chi connectivity index (χ0v) is 11.9. The molecule has 5 nitrogen and oxygen atoms in total. The number of ether oxygens (including phenoxy) is 1. The number of hydrogen-bond acceptors (Lipinski definition) is 4. The van der Waals surface area contributed by atoms with E-state index in [1.54, 1.807) is 27.7 Å². The quantitative estimate of drug-likeness (QED) is 0.795. The van der Waals surface area contributed by atoms with Crippen LogP contribution in [0.2, 0.25) is 0 Å². The number of rotatable bonds is 3. The van der Waals surface area contributed by atoms with Crippen molar-refractivity contribution in [2.24, 2.45) is 0 Å². The largest absolute Gasteiger partial charge is 0.462 e. The van der Waals surface area contributed by atoms with Crippen LogP contribution in [0.4, 0.5) is 0 Å². The molecule has 0 aromatic carbocycles. The van der Waals surface area contributed by atoms with Crippen LogP contribution < -0.4 is 5.69 Å². The zero-order chi connectivity index (χ0) is 13.2. The normalized spacial score (nSPS) is 10.7. The van der Waals surface area contributed by atoms with Crippen LogP contribution in [0, 0.1) is 13.8 Å². The molecule has 1 heterocycles. The van der Waals surface area contributed by atoms with E-state index in [0.717, 1.165) is 4.47 Å². The van der Waals surface area contributed by atoms with Gasteiger partial charge in [0.1, 0.15) is 6.54 Å². The number of aromatic nitrogens is 2. The summed E-state index contributed by atoms with van der Waals surface area (Å²) in [5, 5.41) is 0. The molecule has 0 saturated heterocycles. The minimum absolute atomic E-state index is 0.116. The molecule has 1 aromatic rings. The van der Waals surface area contributed by atoms with Gasteiger partial charge in [-0.1, -0.05) is 0 Å². The average molecular weight is 303 g/mol. The van der Waals surface area contributed by atoms with E-state index in [-0.39, 0.29) is 12.6 Å². The molecule has 0 saturated carbocycles. The highest BCUT2D eigenvalue weighted by Gasteiger charge is 2.13. The van der Waals surface area contributed by atoms with E-state index in [1.807, 2.05) is 0 Å². The van der Waals surface area contributed by atoms with Crippen molar-refractivity contribution >= 4 is 21.9 Å². The van der Waals surface area contributed by atoms with Gasteiger partial charge >= 0.3 is 11.7 Å². The number of aryl methyl sites for hydroxylation is 1. The number of esters is 1. The maximum absolute atomic E-state index is 11.7. The number of halogens is 1. The third kappa shape index (κ3) is 3.39. The lowest BCUT2D eigenvalue weighted by Gasteiger charge is -2.13. The first-order valence-electron chi connectivity index (χ1n) is 5.26. The number of hydrogen-bond donors (Lipinski definition) is 0. The smallest absolute Gasteiger partial charge is 0.348 e. The molecule has 0 bridgehead atoms.